The largest absolute Gasteiger partial charge is 0.497 e. The van der Waals surface area contributed by atoms with Gasteiger partial charge < -0.3 is 15.4 Å². The van der Waals surface area contributed by atoms with Crippen LogP contribution in [0.25, 0.3) is 0 Å². The molecule has 3 atom stereocenters. The molecule has 2 amide bonds. The van der Waals surface area contributed by atoms with Gasteiger partial charge in [-0.15, -0.1) is 0 Å². The second-order valence-corrected chi connectivity index (χ2v) is 11.0. The van der Waals surface area contributed by atoms with Crippen LogP contribution in [0.4, 0.5) is 13.2 Å². The summed E-state index contributed by atoms with van der Waals surface area (Å²) in [7, 11) is 1.54. The van der Waals surface area contributed by atoms with Gasteiger partial charge in [0.2, 0.25) is 11.8 Å². The number of ketones is 1. The van der Waals surface area contributed by atoms with Crippen LogP contribution >= 0.6 is 23.2 Å². The number of ether oxygens (including phenoxy) is 1. The maximum Gasteiger partial charge on any atom is 0.452 e. The molecule has 0 fully saturated rings. The van der Waals surface area contributed by atoms with E-state index < -0.39 is 47.7 Å². The summed E-state index contributed by atoms with van der Waals surface area (Å²) in [5, 5.41) is 5.87. The van der Waals surface area contributed by atoms with E-state index in [1.165, 1.54) is 21.0 Å². The topological polar surface area (TPSA) is 84.5 Å². The van der Waals surface area contributed by atoms with Crippen LogP contribution in [-0.4, -0.2) is 43.0 Å². The van der Waals surface area contributed by atoms with Gasteiger partial charge in [0, 0.05) is 16.5 Å². The molecule has 0 heterocycles. The molecule has 3 aromatic carbocycles. The summed E-state index contributed by atoms with van der Waals surface area (Å²) in [6, 6.07) is 17.1. The van der Waals surface area contributed by atoms with E-state index in [0.717, 1.165) is 5.56 Å². The van der Waals surface area contributed by atoms with Gasteiger partial charge in [-0.05, 0) is 65.4 Å². The van der Waals surface area contributed by atoms with Crippen molar-refractivity contribution in [3.05, 3.63) is 99.5 Å². The second kappa shape index (κ2) is 14.6. The van der Waals surface area contributed by atoms with Crippen LogP contribution in [0.3, 0.4) is 0 Å². The van der Waals surface area contributed by atoms with E-state index in [0.29, 0.717) is 26.9 Å². The Bertz CT molecular complexity index is 1360. The fourth-order valence-corrected chi connectivity index (χ4v) is 4.61. The van der Waals surface area contributed by atoms with Gasteiger partial charge in [-0.2, -0.15) is 13.2 Å². The molecule has 0 radical (unpaired) electrons. The Morgan fingerprint density at radius 3 is 1.76 bits per heavy atom. The van der Waals surface area contributed by atoms with Crippen LogP contribution in [0.15, 0.2) is 72.8 Å². The lowest BCUT2D eigenvalue weighted by molar-refractivity contribution is -0.175. The van der Waals surface area contributed by atoms with Gasteiger partial charge in [0.05, 0.1) is 19.1 Å². The van der Waals surface area contributed by atoms with Crippen LogP contribution in [0.2, 0.25) is 10.0 Å². The molecule has 11 heteroatoms. The number of carbonyl (C=O) groups excluding carboxylic acids is 3. The predicted molar refractivity (Wildman–Crippen MR) is 156 cm³/mol. The molecule has 0 bridgehead atoms. The van der Waals surface area contributed by atoms with E-state index >= 15 is 0 Å². The summed E-state index contributed by atoms with van der Waals surface area (Å²) in [5.74, 6) is -4.53. The minimum Gasteiger partial charge on any atom is -0.497 e. The number of benzene rings is 3. The number of alkyl halides is 3. The first-order valence-electron chi connectivity index (χ1n) is 13.1. The van der Waals surface area contributed by atoms with Gasteiger partial charge in [0.15, 0.2) is 0 Å². The number of rotatable bonds is 12. The van der Waals surface area contributed by atoms with Crippen LogP contribution in [-0.2, 0) is 27.2 Å². The Morgan fingerprint density at radius 2 is 1.26 bits per heavy atom. The molecular weight excluding hydrogens is 592 g/mol. The van der Waals surface area contributed by atoms with Crippen LogP contribution in [0.1, 0.15) is 36.5 Å². The second-order valence-electron chi connectivity index (χ2n) is 10.1. The molecule has 0 aliphatic heterocycles. The summed E-state index contributed by atoms with van der Waals surface area (Å²) < 4.78 is 45.1. The maximum atomic E-state index is 13.8. The SMILES string of the molecule is COc1ccc(CC(C(=O)N[C@@H](Cc2ccc(Cl)cc2)C(=O)N[C@H](C(=O)C(F)(F)F)C(C)C)c2ccc(Cl)cc2)cc1. The third-order valence-corrected chi connectivity index (χ3v) is 7.20. The number of methoxy groups -OCH3 is 1. The van der Waals surface area contributed by atoms with E-state index in [9.17, 15) is 27.6 Å². The highest BCUT2D eigenvalue weighted by Gasteiger charge is 2.45. The Morgan fingerprint density at radius 1 is 0.762 bits per heavy atom. The number of hydrogen-bond donors (Lipinski definition) is 2. The van der Waals surface area contributed by atoms with E-state index in [4.69, 9.17) is 27.9 Å². The third kappa shape index (κ3) is 9.22. The molecule has 0 aliphatic carbocycles. The molecule has 2 N–H and O–H groups in total. The van der Waals surface area contributed by atoms with Gasteiger partial charge in [-0.25, -0.2) is 0 Å². The van der Waals surface area contributed by atoms with Gasteiger partial charge in [0.1, 0.15) is 11.8 Å². The fourth-order valence-electron chi connectivity index (χ4n) is 4.36. The quantitative estimate of drug-likeness (QED) is 0.247. The highest BCUT2D eigenvalue weighted by atomic mass is 35.5. The average molecular weight is 623 g/mol. The first-order chi connectivity index (χ1) is 19.8. The molecule has 6 nitrogen and oxygen atoms in total. The molecule has 1 unspecified atom stereocenters. The van der Waals surface area contributed by atoms with Crippen molar-refractivity contribution in [1.29, 1.82) is 0 Å². The fraction of sp³-hybridized carbons (Fsp3) is 0.323. The molecule has 3 aromatic rings. The van der Waals surface area contributed by atoms with E-state index in [2.05, 4.69) is 10.6 Å². The molecule has 224 valence electrons. The van der Waals surface area contributed by atoms with Crippen LogP contribution in [0, 0.1) is 5.92 Å². The molecular formula is C31H31Cl2F3N2O4. The highest BCUT2D eigenvalue weighted by Crippen LogP contribution is 2.26. The normalized spacial score (nSPS) is 13.6. The Kier molecular flexibility index (Phi) is 11.4. The van der Waals surface area contributed by atoms with Gasteiger partial charge in [0.25, 0.3) is 5.78 Å². The first-order valence-corrected chi connectivity index (χ1v) is 13.9. The number of amides is 2. The van der Waals surface area contributed by atoms with E-state index in [1.807, 2.05) is 12.1 Å². The van der Waals surface area contributed by atoms with Gasteiger partial charge in [-0.3, -0.25) is 14.4 Å². The molecule has 0 aromatic heterocycles. The first kappa shape index (κ1) is 32.9. The number of hydrogen-bond acceptors (Lipinski definition) is 4. The molecule has 3 rings (SSSR count). The number of carbonyl (C=O) groups is 3. The number of Topliss-reactive ketones (excluding diaryl/α,β-unsaturated/α-hetero) is 1. The number of halogens is 5. The summed E-state index contributed by atoms with van der Waals surface area (Å²) in [5.41, 5.74) is 2.02. The molecule has 0 aliphatic rings. The Hall–Kier alpha value is -3.56. The zero-order valence-corrected chi connectivity index (χ0v) is 24.7. The third-order valence-electron chi connectivity index (χ3n) is 6.70. The molecule has 42 heavy (non-hydrogen) atoms. The van der Waals surface area contributed by atoms with Crippen molar-refractivity contribution < 1.29 is 32.3 Å². The predicted octanol–water partition coefficient (Wildman–Crippen LogP) is 6.33. The highest BCUT2D eigenvalue weighted by molar-refractivity contribution is 6.30. The van der Waals surface area contributed by atoms with E-state index in [-0.39, 0.29) is 12.8 Å². The minimum atomic E-state index is -5.14. The van der Waals surface area contributed by atoms with Gasteiger partial charge >= 0.3 is 6.18 Å². The summed E-state index contributed by atoms with van der Waals surface area (Å²) in [6.07, 6.45) is -4.96. The van der Waals surface area contributed by atoms with Crippen molar-refractivity contribution >= 4 is 40.8 Å². The van der Waals surface area contributed by atoms with Crippen molar-refractivity contribution in [2.24, 2.45) is 5.92 Å². The lowest BCUT2D eigenvalue weighted by atomic mass is 9.90. The van der Waals surface area contributed by atoms with Gasteiger partial charge in [-0.1, -0.05) is 73.4 Å². The van der Waals surface area contributed by atoms with Crippen molar-refractivity contribution in [3.63, 3.8) is 0 Å². The van der Waals surface area contributed by atoms with Crippen molar-refractivity contribution in [2.75, 3.05) is 7.11 Å². The van der Waals surface area contributed by atoms with E-state index in [1.54, 1.807) is 60.7 Å². The lowest BCUT2D eigenvalue weighted by Gasteiger charge is -2.27. The summed E-state index contributed by atoms with van der Waals surface area (Å²) >= 11 is 12.0. The monoisotopic (exact) mass is 622 g/mol. The van der Waals surface area contributed by atoms with Crippen molar-refractivity contribution in [3.8, 4) is 5.75 Å². The van der Waals surface area contributed by atoms with Crippen molar-refractivity contribution in [1.82, 2.24) is 10.6 Å². The van der Waals surface area contributed by atoms with Crippen LogP contribution in [0.5, 0.6) is 5.75 Å². The molecule has 0 saturated heterocycles. The smallest absolute Gasteiger partial charge is 0.452 e. The zero-order chi connectivity index (χ0) is 31.0. The molecule has 0 saturated carbocycles. The molecule has 0 spiro atoms. The lowest BCUT2D eigenvalue weighted by Crippen LogP contribution is -2.56. The minimum absolute atomic E-state index is 0.0599. The Labute approximate surface area is 252 Å². The van der Waals surface area contributed by atoms with Crippen LogP contribution < -0.4 is 15.4 Å². The summed E-state index contributed by atoms with van der Waals surface area (Å²) in [4.78, 5) is 39.3. The summed E-state index contributed by atoms with van der Waals surface area (Å²) in [6.45, 7) is 2.79. The standard InChI is InChI=1S/C31H31Cl2F3N2O4/c1-18(2)27(28(39)31(34,35)36)38-30(41)26(17-20-4-10-22(32)11-5-20)37-29(40)25(21-8-12-23(33)13-9-21)16-19-6-14-24(42-3)15-7-19/h4-15,18,25-27H,16-17H2,1-3H3,(H,37,40)(H,38,41)/t25?,26-,27-/m0/s1. The Balaban J connectivity index is 1.94. The number of nitrogens with one attached hydrogen (secondary N) is 2. The maximum absolute atomic E-state index is 13.8. The average Bonchev–Trinajstić information content (AvgIpc) is 2.95. The zero-order valence-electron chi connectivity index (χ0n) is 23.2. The van der Waals surface area contributed by atoms with Crippen molar-refractivity contribution in [2.45, 2.75) is 50.9 Å².